The van der Waals surface area contributed by atoms with Crippen molar-refractivity contribution in [3.8, 4) is 17.2 Å². The maximum Gasteiger partial charge on any atom is 0.435 e. The molecule has 0 spiro atoms. The standard InChI is InChI=1S/C27H23F3N6OS/c1-2-36-15-23(26(33-36)27(28,29)30)20-7-4-3-6-19(20)22-14-35(16-24-21(22)12-18(13-31)38-24)25(37)8-5-10-34-11-9-32-17-34/h3-9,11-12,15,17,22H,2,10,14,16H2,1H3/b8-5+/t22-/m0/s1. The zero-order valence-corrected chi connectivity index (χ0v) is 21.2. The van der Waals surface area contributed by atoms with Gasteiger partial charge in [0.2, 0.25) is 5.91 Å². The van der Waals surface area contributed by atoms with Crippen LogP contribution >= 0.6 is 11.3 Å². The normalized spacial score (nSPS) is 15.6. The van der Waals surface area contributed by atoms with Gasteiger partial charge in [-0.05, 0) is 29.7 Å². The molecule has 4 aromatic rings. The van der Waals surface area contributed by atoms with Gasteiger partial charge in [-0.1, -0.05) is 30.3 Å². The predicted octanol–water partition coefficient (Wildman–Crippen LogP) is 5.45. The number of imidazole rings is 1. The number of rotatable bonds is 6. The van der Waals surface area contributed by atoms with Crippen molar-refractivity contribution in [2.45, 2.75) is 38.7 Å². The van der Waals surface area contributed by atoms with Crippen molar-refractivity contribution in [3.05, 3.63) is 94.0 Å². The fraction of sp³-hybridized carbons (Fsp3) is 0.259. The van der Waals surface area contributed by atoms with Crippen LogP contribution in [-0.4, -0.2) is 36.7 Å². The SMILES string of the molecule is CCn1cc(-c2ccccc2[C@@H]2CN(C(=O)/C=C/Cn3ccnc3)Cc3sc(C#N)cc32)c(C(F)(F)F)n1. The van der Waals surface area contributed by atoms with Crippen molar-refractivity contribution >= 4 is 17.2 Å². The number of alkyl halides is 3. The van der Waals surface area contributed by atoms with Crippen molar-refractivity contribution in [2.24, 2.45) is 0 Å². The fourth-order valence-corrected chi connectivity index (χ4v) is 5.75. The quantitative estimate of drug-likeness (QED) is 0.307. The molecule has 0 fully saturated rings. The monoisotopic (exact) mass is 536 g/mol. The lowest BCUT2D eigenvalue weighted by Gasteiger charge is -2.33. The number of aromatic nitrogens is 4. The van der Waals surface area contributed by atoms with Gasteiger partial charge >= 0.3 is 6.18 Å². The minimum absolute atomic E-state index is 0.00378. The number of carbonyl (C=O) groups is 1. The second-order valence-electron chi connectivity index (χ2n) is 8.87. The van der Waals surface area contributed by atoms with Gasteiger partial charge in [-0.15, -0.1) is 11.3 Å². The molecule has 11 heteroatoms. The zero-order chi connectivity index (χ0) is 26.9. The molecular weight excluding hydrogens is 513 g/mol. The molecule has 0 radical (unpaired) electrons. The molecular formula is C27H23F3N6OS. The lowest BCUT2D eigenvalue weighted by molar-refractivity contribution is -0.141. The molecule has 1 aliphatic rings. The lowest BCUT2D eigenvalue weighted by atomic mass is 9.83. The minimum atomic E-state index is -4.63. The Hall–Kier alpha value is -4.17. The summed E-state index contributed by atoms with van der Waals surface area (Å²) >= 11 is 1.31. The maximum absolute atomic E-state index is 14.0. The number of aryl methyl sites for hydroxylation is 1. The van der Waals surface area contributed by atoms with Crippen molar-refractivity contribution in [2.75, 3.05) is 6.54 Å². The number of hydrogen-bond donors (Lipinski definition) is 0. The van der Waals surface area contributed by atoms with E-state index in [0.717, 1.165) is 10.4 Å². The number of halogens is 3. The Labute approximate surface area is 221 Å². The van der Waals surface area contributed by atoms with Gasteiger partial charge in [0, 0.05) is 60.7 Å². The predicted molar refractivity (Wildman–Crippen MR) is 136 cm³/mol. The number of amides is 1. The molecule has 5 rings (SSSR count). The fourth-order valence-electron chi connectivity index (χ4n) is 4.72. The highest BCUT2D eigenvalue weighted by Gasteiger charge is 2.39. The summed E-state index contributed by atoms with van der Waals surface area (Å²) in [4.78, 5) is 20.2. The van der Waals surface area contributed by atoms with Gasteiger partial charge in [-0.3, -0.25) is 9.48 Å². The number of benzene rings is 1. The molecule has 0 unspecified atom stereocenters. The molecule has 1 aliphatic heterocycles. The van der Waals surface area contributed by atoms with Crippen LogP contribution in [0.1, 0.15) is 39.4 Å². The summed E-state index contributed by atoms with van der Waals surface area (Å²) in [6.45, 7) is 3.10. The number of fused-ring (bicyclic) bond motifs is 1. The van der Waals surface area contributed by atoms with Crippen LogP contribution in [0.25, 0.3) is 11.1 Å². The van der Waals surface area contributed by atoms with Gasteiger partial charge < -0.3 is 9.47 Å². The topological polar surface area (TPSA) is 79.7 Å². The summed E-state index contributed by atoms with van der Waals surface area (Å²) in [5.41, 5.74) is 0.973. The molecule has 1 aromatic carbocycles. The number of thiophene rings is 1. The maximum atomic E-state index is 14.0. The third kappa shape index (κ3) is 4.99. The molecule has 38 heavy (non-hydrogen) atoms. The van der Waals surface area contributed by atoms with E-state index in [1.807, 2.05) is 4.57 Å². The van der Waals surface area contributed by atoms with Crippen LogP contribution in [0.15, 0.2) is 67.4 Å². The van der Waals surface area contributed by atoms with Crippen LogP contribution < -0.4 is 0 Å². The first-order chi connectivity index (χ1) is 18.3. The Balaban J connectivity index is 1.54. The molecule has 0 N–H and O–H groups in total. The summed E-state index contributed by atoms with van der Waals surface area (Å²) in [6.07, 6.45) is 5.13. The molecule has 0 bridgehead atoms. The Morgan fingerprint density at radius 3 is 2.79 bits per heavy atom. The van der Waals surface area contributed by atoms with Crippen LogP contribution in [0.2, 0.25) is 0 Å². The summed E-state index contributed by atoms with van der Waals surface area (Å²) in [7, 11) is 0. The highest BCUT2D eigenvalue weighted by atomic mass is 32.1. The molecule has 1 amide bonds. The van der Waals surface area contributed by atoms with Crippen molar-refractivity contribution in [1.29, 1.82) is 5.26 Å². The zero-order valence-electron chi connectivity index (χ0n) is 20.4. The Kier molecular flexibility index (Phi) is 6.91. The first-order valence-corrected chi connectivity index (χ1v) is 12.8. The molecule has 4 heterocycles. The van der Waals surface area contributed by atoms with E-state index in [1.165, 1.54) is 28.3 Å². The van der Waals surface area contributed by atoms with Crippen LogP contribution in [0.3, 0.4) is 0 Å². The van der Waals surface area contributed by atoms with Gasteiger partial charge in [0.15, 0.2) is 5.69 Å². The van der Waals surface area contributed by atoms with E-state index >= 15 is 0 Å². The van der Waals surface area contributed by atoms with Gasteiger partial charge in [0.25, 0.3) is 0 Å². The van der Waals surface area contributed by atoms with E-state index in [9.17, 15) is 23.2 Å². The van der Waals surface area contributed by atoms with Crippen LogP contribution in [0.5, 0.6) is 0 Å². The number of nitriles is 1. The van der Waals surface area contributed by atoms with E-state index in [0.29, 0.717) is 35.6 Å². The Morgan fingerprint density at radius 1 is 1.26 bits per heavy atom. The minimum Gasteiger partial charge on any atom is -0.334 e. The molecule has 3 aromatic heterocycles. The van der Waals surface area contributed by atoms with E-state index in [4.69, 9.17) is 0 Å². The summed E-state index contributed by atoms with van der Waals surface area (Å²) in [5.74, 6) is -0.620. The van der Waals surface area contributed by atoms with Crippen molar-refractivity contribution in [3.63, 3.8) is 0 Å². The van der Waals surface area contributed by atoms with Gasteiger partial charge in [-0.25, -0.2) is 4.98 Å². The van der Waals surface area contributed by atoms with Gasteiger partial charge in [-0.2, -0.15) is 23.5 Å². The third-order valence-corrected chi connectivity index (χ3v) is 7.53. The summed E-state index contributed by atoms with van der Waals surface area (Å²) in [5, 5.41) is 13.3. The van der Waals surface area contributed by atoms with Gasteiger partial charge in [0.05, 0.1) is 12.9 Å². The highest BCUT2D eigenvalue weighted by Crippen LogP contribution is 2.44. The van der Waals surface area contributed by atoms with Crippen LogP contribution in [-0.2, 0) is 30.6 Å². The van der Waals surface area contributed by atoms with Crippen molar-refractivity contribution < 1.29 is 18.0 Å². The summed E-state index contributed by atoms with van der Waals surface area (Å²) in [6, 6.07) is 10.9. The van der Waals surface area contributed by atoms with E-state index in [1.54, 1.807) is 67.0 Å². The second kappa shape index (κ2) is 10.3. The van der Waals surface area contributed by atoms with E-state index < -0.39 is 17.8 Å². The largest absolute Gasteiger partial charge is 0.435 e. The highest BCUT2D eigenvalue weighted by molar-refractivity contribution is 7.12. The molecule has 194 valence electrons. The lowest BCUT2D eigenvalue weighted by Crippen LogP contribution is -2.37. The van der Waals surface area contributed by atoms with E-state index in [-0.39, 0.29) is 18.0 Å². The molecule has 1 atom stereocenters. The molecule has 0 saturated heterocycles. The van der Waals surface area contributed by atoms with Gasteiger partial charge in [0.1, 0.15) is 10.9 Å². The first kappa shape index (κ1) is 25.5. The summed E-state index contributed by atoms with van der Waals surface area (Å²) < 4.78 is 45.0. The number of allylic oxidation sites excluding steroid dienone is 1. The Morgan fingerprint density at radius 2 is 2.08 bits per heavy atom. The molecule has 7 nitrogen and oxygen atoms in total. The van der Waals surface area contributed by atoms with Crippen molar-refractivity contribution in [1.82, 2.24) is 24.2 Å². The van der Waals surface area contributed by atoms with Crippen LogP contribution in [0.4, 0.5) is 13.2 Å². The second-order valence-corrected chi connectivity index (χ2v) is 10.0. The Bertz CT molecular complexity index is 1530. The average Bonchev–Trinajstić information content (AvgIpc) is 3.67. The average molecular weight is 537 g/mol. The molecule has 0 saturated carbocycles. The number of carbonyl (C=O) groups excluding carboxylic acids is 1. The third-order valence-electron chi connectivity index (χ3n) is 6.49. The van der Waals surface area contributed by atoms with Crippen LogP contribution in [0, 0.1) is 11.3 Å². The first-order valence-electron chi connectivity index (χ1n) is 12.0. The smallest absolute Gasteiger partial charge is 0.334 e. The number of hydrogen-bond acceptors (Lipinski definition) is 5. The van der Waals surface area contributed by atoms with E-state index in [2.05, 4.69) is 16.2 Å². The molecule has 0 aliphatic carbocycles. The number of nitrogens with zero attached hydrogens (tertiary/aromatic N) is 6.